The Kier molecular flexibility index (Phi) is 4.42. The van der Waals surface area contributed by atoms with Gasteiger partial charge in [0.05, 0.1) is 0 Å². The summed E-state index contributed by atoms with van der Waals surface area (Å²) < 4.78 is 27.0. The molecule has 0 aliphatic heterocycles. The fourth-order valence-electron chi connectivity index (χ4n) is 1.96. The summed E-state index contributed by atoms with van der Waals surface area (Å²) in [5.41, 5.74) is 2.42. The standard InChI is InChI=1S/C13H16N2O3S2/c1-3-10-6-4-5-7-11(10)8-14-20(17,18)12-9(2)15-13(16)19-12/h4-7,14H,3,8H2,1-2H3,(H,15,16). The van der Waals surface area contributed by atoms with E-state index in [-0.39, 0.29) is 15.6 Å². The van der Waals surface area contributed by atoms with E-state index >= 15 is 0 Å². The minimum absolute atomic E-state index is 0.0523. The number of rotatable bonds is 5. The molecule has 108 valence electrons. The van der Waals surface area contributed by atoms with Gasteiger partial charge in [-0.25, -0.2) is 13.1 Å². The lowest BCUT2D eigenvalue weighted by molar-refractivity contribution is 0.582. The van der Waals surface area contributed by atoms with E-state index in [9.17, 15) is 13.2 Å². The third kappa shape index (κ3) is 3.17. The van der Waals surface area contributed by atoms with Crippen molar-refractivity contribution in [2.45, 2.75) is 31.0 Å². The highest BCUT2D eigenvalue weighted by atomic mass is 32.2. The second-order valence-electron chi connectivity index (χ2n) is 4.37. The maximum absolute atomic E-state index is 12.2. The molecule has 2 N–H and O–H groups in total. The molecule has 7 heteroatoms. The van der Waals surface area contributed by atoms with Gasteiger partial charge in [-0.15, -0.1) is 0 Å². The Morgan fingerprint density at radius 3 is 2.45 bits per heavy atom. The van der Waals surface area contributed by atoms with Crippen LogP contribution in [0, 0.1) is 6.92 Å². The summed E-state index contributed by atoms with van der Waals surface area (Å²) in [6.45, 7) is 3.82. The number of hydrogen-bond donors (Lipinski definition) is 2. The summed E-state index contributed by atoms with van der Waals surface area (Å²) in [7, 11) is -3.66. The highest BCUT2D eigenvalue weighted by Crippen LogP contribution is 2.17. The maximum atomic E-state index is 12.2. The fraction of sp³-hybridized carbons (Fsp3) is 0.308. The predicted octanol–water partition coefficient (Wildman–Crippen LogP) is 1.79. The molecule has 0 fully saturated rings. The maximum Gasteiger partial charge on any atom is 0.305 e. The van der Waals surface area contributed by atoms with E-state index in [4.69, 9.17) is 0 Å². The van der Waals surface area contributed by atoms with Crippen molar-refractivity contribution in [3.63, 3.8) is 0 Å². The van der Waals surface area contributed by atoms with Crippen LogP contribution in [0.2, 0.25) is 0 Å². The lowest BCUT2D eigenvalue weighted by Crippen LogP contribution is -2.23. The van der Waals surface area contributed by atoms with E-state index in [0.29, 0.717) is 17.0 Å². The molecule has 20 heavy (non-hydrogen) atoms. The Balaban J connectivity index is 2.22. The third-order valence-electron chi connectivity index (χ3n) is 2.98. The highest BCUT2D eigenvalue weighted by molar-refractivity contribution is 7.91. The lowest BCUT2D eigenvalue weighted by Gasteiger charge is -2.09. The summed E-state index contributed by atoms with van der Waals surface area (Å²) in [5, 5.41) is 0. The van der Waals surface area contributed by atoms with E-state index in [1.54, 1.807) is 6.92 Å². The Labute approximate surface area is 121 Å². The van der Waals surface area contributed by atoms with Crippen LogP contribution in [-0.4, -0.2) is 13.4 Å². The number of H-pyrrole nitrogens is 1. The van der Waals surface area contributed by atoms with E-state index in [2.05, 4.69) is 9.71 Å². The van der Waals surface area contributed by atoms with E-state index in [1.807, 2.05) is 31.2 Å². The van der Waals surface area contributed by atoms with E-state index < -0.39 is 10.0 Å². The zero-order valence-electron chi connectivity index (χ0n) is 11.3. The van der Waals surface area contributed by atoms with Gasteiger partial charge in [0.25, 0.3) is 10.0 Å². The summed E-state index contributed by atoms with van der Waals surface area (Å²) in [4.78, 5) is 13.3. The largest absolute Gasteiger partial charge is 0.315 e. The summed E-state index contributed by atoms with van der Waals surface area (Å²) in [5.74, 6) is 0. The Bertz CT molecular complexity index is 760. The van der Waals surface area contributed by atoms with Gasteiger partial charge in [-0.05, 0) is 24.5 Å². The van der Waals surface area contributed by atoms with Crippen LogP contribution in [0.3, 0.4) is 0 Å². The molecule has 0 unspecified atom stereocenters. The molecular formula is C13H16N2O3S2. The molecule has 2 rings (SSSR count). The van der Waals surface area contributed by atoms with Crippen LogP contribution in [0.25, 0.3) is 0 Å². The minimum Gasteiger partial charge on any atom is -0.315 e. The quantitative estimate of drug-likeness (QED) is 0.883. The van der Waals surface area contributed by atoms with Gasteiger partial charge in [0.15, 0.2) is 4.21 Å². The number of nitrogens with one attached hydrogen (secondary N) is 2. The van der Waals surface area contributed by atoms with Crippen molar-refractivity contribution in [3.05, 3.63) is 50.8 Å². The molecule has 2 aromatic rings. The van der Waals surface area contributed by atoms with Crippen LogP contribution in [0.4, 0.5) is 0 Å². The zero-order valence-corrected chi connectivity index (χ0v) is 12.9. The van der Waals surface area contributed by atoms with Crippen LogP contribution < -0.4 is 9.60 Å². The summed E-state index contributed by atoms with van der Waals surface area (Å²) in [6, 6.07) is 7.68. The molecule has 0 amide bonds. The number of aryl methyl sites for hydroxylation is 2. The van der Waals surface area contributed by atoms with Crippen LogP contribution in [0.15, 0.2) is 33.3 Å². The molecule has 0 spiro atoms. The number of aromatic amines is 1. The molecular weight excluding hydrogens is 296 g/mol. The molecule has 0 bridgehead atoms. The topological polar surface area (TPSA) is 79.0 Å². The van der Waals surface area contributed by atoms with Crippen molar-refractivity contribution < 1.29 is 8.42 Å². The van der Waals surface area contributed by atoms with Gasteiger partial charge in [-0.3, -0.25) is 4.79 Å². The van der Waals surface area contributed by atoms with Gasteiger partial charge in [0.2, 0.25) is 0 Å². The Hall–Kier alpha value is -1.44. The number of benzene rings is 1. The zero-order chi connectivity index (χ0) is 14.8. The van der Waals surface area contributed by atoms with Gasteiger partial charge < -0.3 is 4.98 Å². The van der Waals surface area contributed by atoms with Crippen molar-refractivity contribution in [1.29, 1.82) is 0 Å². The first kappa shape index (κ1) is 15.0. The lowest BCUT2D eigenvalue weighted by atomic mass is 10.1. The number of thiazole rings is 1. The molecule has 1 heterocycles. The SMILES string of the molecule is CCc1ccccc1CNS(=O)(=O)c1sc(=O)[nH]c1C. The number of hydrogen-bond acceptors (Lipinski definition) is 4. The van der Waals surface area contributed by atoms with Crippen LogP contribution in [0.5, 0.6) is 0 Å². The second kappa shape index (κ2) is 5.90. The Morgan fingerprint density at radius 2 is 1.90 bits per heavy atom. The monoisotopic (exact) mass is 312 g/mol. The normalized spacial score (nSPS) is 11.7. The molecule has 1 aromatic heterocycles. The van der Waals surface area contributed by atoms with Crippen molar-refractivity contribution >= 4 is 21.4 Å². The van der Waals surface area contributed by atoms with Crippen LogP contribution in [-0.2, 0) is 23.0 Å². The second-order valence-corrected chi connectivity index (χ2v) is 7.32. The van der Waals surface area contributed by atoms with Gasteiger partial charge >= 0.3 is 4.87 Å². The predicted molar refractivity (Wildman–Crippen MR) is 79.5 cm³/mol. The van der Waals surface area contributed by atoms with E-state index in [1.165, 1.54) is 0 Å². The van der Waals surface area contributed by atoms with Gasteiger partial charge in [0, 0.05) is 12.2 Å². The minimum atomic E-state index is -3.66. The molecule has 1 aromatic carbocycles. The fourth-order valence-corrected chi connectivity index (χ4v) is 4.31. The van der Waals surface area contributed by atoms with Gasteiger partial charge in [0.1, 0.15) is 0 Å². The molecule has 0 radical (unpaired) electrons. The van der Waals surface area contributed by atoms with Crippen LogP contribution >= 0.6 is 11.3 Å². The van der Waals surface area contributed by atoms with Crippen LogP contribution in [0.1, 0.15) is 23.7 Å². The smallest absolute Gasteiger partial charge is 0.305 e. The first-order valence-corrected chi connectivity index (χ1v) is 8.50. The third-order valence-corrected chi connectivity index (χ3v) is 5.98. The Morgan fingerprint density at radius 1 is 1.25 bits per heavy atom. The van der Waals surface area contributed by atoms with Gasteiger partial charge in [-0.1, -0.05) is 42.5 Å². The molecule has 0 saturated heterocycles. The highest BCUT2D eigenvalue weighted by Gasteiger charge is 2.20. The summed E-state index contributed by atoms with van der Waals surface area (Å²) in [6.07, 6.45) is 0.842. The number of aromatic nitrogens is 1. The molecule has 0 aliphatic rings. The first-order chi connectivity index (χ1) is 9.44. The summed E-state index contributed by atoms with van der Waals surface area (Å²) >= 11 is 0.705. The average Bonchev–Trinajstić information content (AvgIpc) is 2.76. The van der Waals surface area contributed by atoms with Crippen molar-refractivity contribution in [2.24, 2.45) is 0 Å². The number of sulfonamides is 1. The van der Waals surface area contributed by atoms with Gasteiger partial charge in [-0.2, -0.15) is 0 Å². The molecule has 5 nitrogen and oxygen atoms in total. The van der Waals surface area contributed by atoms with Crippen molar-refractivity contribution in [2.75, 3.05) is 0 Å². The van der Waals surface area contributed by atoms with Crippen molar-refractivity contribution in [3.8, 4) is 0 Å². The first-order valence-electron chi connectivity index (χ1n) is 6.20. The van der Waals surface area contributed by atoms with Crippen molar-refractivity contribution in [1.82, 2.24) is 9.71 Å². The molecule has 0 aliphatic carbocycles. The molecule has 0 saturated carbocycles. The average molecular weight is 312 g/mol. The molecule has 0 atom stereocenters. The van der Waals surface area contributed by atoms with E-state index in [0.717, 1.165) is 17.5 Å².